The van der Waals surface area contributed by atoms with Crippen molar-refractivity contribution in [2.45, 2.75) is 79.6 Å². The van der Waals surface area contributed by atoms with Crippen LogP contribution in [-0.2, 0) is 0 Å². The third-order valence-corrected chi connectivity index (χ3v) is 3.52. The third-order valence-electron chi connectivity index (χ3n) is 3.52. The molecule has 0 nitrogen and oxygen atoms in total. The maximum absolute atomic E-state index is 2.37. The average molecular weight is 210 g/mol. The van der Waals surface area contributed by atoms with Gasteiger partial charge >= 0.3 is 0 Å². The second-order valence-corrected chi connectivity index (χ2v) is 5.14. The van der Waals surface area contributed by atoms with Crippen molar-refractivity contribution < 1.29 is 0 Å². The van der Waals surface area contributed by atoms with Crippen LogP contribution in [0, 0.1) is 5.92 Å². The van der Waals surface area contributed by atoms with Gasteiger partial charge < -0.3 is 0 Å². The molecule has 0 aromatic rings. The molecule has 0 bridgehead atoms. The van der Waals surface area contributed by atoms with Crippen molar-refractivity contribution in [1.29, 1.82) is 0 Å². The van der Waals surface area contributed by atoms with E-state index in [0.717, 1.165) is 5.92 Å². The van der Waals surface area contributed by atoms with Gasteiger partial charge in [0.2, 0.25) is 0 Å². The van der Waals surface area contributed by atoms with E-state index >= 15 is 0 Å². The van der Waals surface area contributed by atoms with Crippen LogP contribution in [0.5, 0.6) is 0 Å². The molecule has 0 fully saturated rings. The summed E-state index contributed by atoms with van der Waals surface area (Å²) in [4.78, 5) is 0. The standard InChI is InChI=1S/C15H30/c1-6-7-8-9-10-11-12-14(4)15(5)13(2)3/h14H,6-12H2,1-5H3. The molecular weight excluding hydrogens is 180 g/mol. The Morgan fingerprint density at radius 2 is 1.40 bits per heavy atom. The van der Waals surface area contributed by atoms with E-state index in [1.165, 1.54) is 50.5 Å². The molecule has 0 rings (SSSR count). The molecular formula is C15H30. The molecule has 0 N–H and O–H groups in total. The zero-order chi connectivity index (χ0) is 11.7. The van der Waals surface area contributed by atoms with Crippen molar-refractivity contribution >= 4 is 0 Å². The van der Waals surface area contributed by atoms with Crippen LogP contribution in [-0.4, -0.2) is 0 Å². The summed E-state index contributed by atoms with van der Waals surface area (Å²) in [5.74, 6) is 0.793. The molecule has 0 radical (unpaired) electrons. The Labute approximate surface area is 97.2 Å². The van der Waals surface area contributed by atoms with E-state index in [9.17, 15) is 0 Å². The van der Waals surface area contributed by atoms with Gasteiger partial charge in [-0.3, -0.25) is 0 Å². The lowest BCUT2D eigenvalue weighted by atomic mass is 9.93. The average Bonchev–Trinajstić information content (AvgIpc) is 2.21. The highest BCUT2D eigenvalue weighted by molar-refractivity contribution is 5.09. The number of unbranched alkanes of at least 4 members (excludes halogenated alkanes) is 5. The van der Waals surface area contributed by atoms with Crippen LogP contribution in [0.2, 0.25) is 0 Å². The normalized spacial score (nSPS) is 12.6. The second-order valence-electron chi connectivity index (χ2n) is 5.14. The van der Waals surface area contributed by atoms with Crippen LogP contribution in [0.3, 0.4) is 0 Å². The molecule has 0 aliphatic heterocycles. The van der Waals surface area contributed by atoms with E-state index in [1.807, 2.05) is 0 Å². The monoisotopic (exact) mass is 210 g/mol. The number of hydrogen-bond donors (Lipinski definition) is 0. The molecule has 1 unspecified atom stereocenters. The summed E-state index contributed by atoms with van der Waals surface area (Å²) in [6.07, 6.45) is 9.87. The first-order valence-electron chi connectivity index (χ1n) is 6.73. The largest absolute Gasteiger partial charge is 0.0772 e. The van der Waals surface area contributed by atoms with Crippen LogP contribution in [0.15, 0.2) is 11.1 Å². The summed E-state index contributed by atoms with van der Waals surface area (Å²) in [5, 5.41) is 0. The molecule has 0 aliphatic rings. The van der Waals surface area contributed by atoms with Crippen LogP contribution < -0.4 is 0 Å². The van der Waals surface area contributed by atoms with E-state index in [0.29, 0.717) is 0 Å². The van der Waals surface area contributed by atoms with Gasteiger partial charge in [0.05, 0.1) is 0 Å². The lowest BCUT2D eigenvalue weighted by Gasteiger charge is -2.13. The Bertz CT molecular complexity index is 172. The van der Waals surface area contributed by atoms with Gasteiger partial charge in [-0.05, 0) is 33.1 Å². The van der Waals surface area contributed by atoms with E-state index in [1.54, 1.807) is 5.57 Å². The SMILES string of the molecule is CCCCCCCCC(C)C(C)=C(C)C. The maximum atomic E-state index is 2.37. The van der Waals surface area contributed by atoms with Gasteiger partial charge in [-0.2, -0.15) is 0 Å². The van der Waals surface area contributed by atoms with Gasteiger partial charge in [0.25, 0.3) is 0 Å². The Morgan fingerprint density at radius 1 is 0.867 bits per heavy atom. The molecule has 0 heteroatoms. The Kier molecular flexibility index (Phi) is 8.85. The minimum atomic E-state index is 0.793. The first-order chi connectivity index (χ1) is 7.09. The molecule has 0 aromatic heterocycles. The molecule has 0 spiro atoms. The van der Waals surface area contributed by atoms with Gasteiger partial charge in [0.15, 0.2) is 0 Å². The van der Waals surface area contributed by atoms with Crippen molar-refractivity contribution in [2.75, 3.05) is 0 Å². The van der Waals surface area contributed by atoms with Crippen LogP contribution in [0.1, 0.15) is 79.6 Å². The quantitative estimate of drug-likeness (QED) is 0.354. The lowest BCUT2D eigenvalue weighted by Crippen LogP contribution is -1.98. The zero-order valence-electron chi connectivity index (χ0n) is 11.5. The summed E-state index contributed by atoms with van der Waals surface area (Å²) in [5.41, 5.74) is 3.11. The summed E-state index contributed by atoms with van der Waals surface area (Å²) >= 11 is 0. The van der Waals surface area contributed by atoms with Crippen molar-refractivity contribution in [1.82, 2.24) is 0 Å². The van der Waals surface area contributed by atoms with E-state index in [2.05, 4.69) is 34.6 Å². The molecule has 15 heavy (non-hydrogen) atoms. The van der Waals surface area contributed by atoms with Crippen LogP contribution in [0.25, 0.3) is 0 Å². The molecule has 0 heterocycles. The number of allylic oxidation sites excluding steroid dienone is 2. The zero-order valence-corrected chi connectivity index (χ0v) is 11.5. The van der Waals surface area contributed by atoms with Gasteiger partial charge in [0, 0.05) is 0 Å². The highest BCUT2D eigenvalue weighted by atomic mass is 14.1. The summed E-state index contributed by atoms with van der Waals surface area (Å²) < 4.78 is 0. The fourth-order valence-corrected chi connectivity index (χ4v) is 1.94. The molecule has 0 aromatic carbocycles. The minimum Gasteiger partial charge on any atom is -0.0772 e. The molecule has 0 saturated carbocycles. The predicted molar refractivity (Wildman–Crippen MR) is 71.2 cm³/mol. The fourth-order valence-electron chi connectivity index (χ4n) is 1.94. The predicted octanol–water partition coefficient (Wildman–Crippen LogP) is 5.73. The molecule has 0 saturated heterocycles. The third kappa shape index (κ3) is 7.64. The van der Waals surface area contributed by atoms with E-state index in [4.69, 9.17) is 0 Å². The molecule has 0 amide bonds. The lowest BCUT2D eigenvalue weighted by molar-refractivity contribution is 0.526. The van der Waals surface area contributed by atoms with Crippen LogP contribution >= 0.6 is 0 Å². The minimum absolute atomic E-state index is 0.793. The van der Waals surface area contributed by atoms with Crippen LogP contribution in [0.4, 0.5) is 0 Å². The smallest absolute Gasteiger partial charge is 0.0232 e. The Morgan fingerprint density at radius 3 is 1.93 bits per heavy atom. The van der Waals surface area contributed by atoms with Gasteiger partial charge in [-0.25, -0.2) is 0 Å². The van der Waals surface area contributed by atoms with Gasteiger partial charge in [-0.15, -0.1) is 0 Å². The topological polar surface area (TPSA) is 0 Å². The molecule has 1 atom stereocenters. The van der Waals surface area contributed by atoms with E-state index < -0.39 is 0 Å². The van der Waals surface area contributed by atoms with E-state index in [-0.39, 0.29) is 0 Å². The summed E-state index contributed by atoms with van der Waals surface area (Å²) in [6.45, 7) is 11.4. The first-order valence-corrected chi connectivity index (χ1v) is 6.73. The second kappa shape index (κ2) is 9.00. The highest BCUT2D eigenvalue weighted by Gasteiger charge is 2.04. The van der Waals surface area contributed by atoms with Crippen molar-refractivity contribution in [3.63, 3.8) is 0 Å². The molecule has 0 aliphatic carbocycles. The number of hydrogen-bond acceptors (Lipinski definition) is 0. The summed E-state index contributed by atoms with van der Waals surface area (Å²) in [7, 11) is 0. The maximum Gasteiger partial charge on any atom is -0.0232 e. The van der Waals surface area contributed by atoms with Crippen molar-refractivity contribution in [2.24, 2.45) is 5.92 Å². The van der Waals surface area contributed by atoms with Gasteiger partial charge in [-0.1, -0.05) is 63.5 Å². The van der Waals surface area contributed by atoms with Crippen molar-refractivity contribution in [3.8, 4) is 0 Å². The van der Waals surface area contributed by atoms with Crippen molar-refractivity contribution in [3.05, 3.63) is 11.1 Å². The highest BCUT2D eigenvalue weighted by Crippen LogP contribution is 2.20. The Balaban J connectivity index is 3.48. The fraction of sp³-hybridized carbons (Fsp3) is 0.867. The van der Waals surface area contributed by atoms with Gasteiger partial charge in [0.1, 0.15) is 0 Å². The number of rotatable bonds is 8. The summed E-state index contributed by atoms with van der Waals surface area (Å²) in [6, 6.07) is 0. The Hall–Kier alpha value is -0.260. The molecule has 90 valence electrons. The first kappa shape index (κ1) is 14.7.